The van der Waals surface area contributed by atoms with Gasteiger partial charge in [0, 0.05) is 18.2 Å². The van der Waals surface area contributed by atoms with E-state index in [0.29, 0.717) is 28.4 Å². The van der Waals surface area contributed by atoms with Gasteiger partial charge < -0.3 is 15.0 Å². The fourth-order valence-electron chi connectivity index (χ4n) is 4.76. The average Bonchev–Trinajstić information content (AvgIpc) is 3.26. The van der Waals surface area contributed by atoms with Crippen LogP contribution in [-0.2, 0) is 22.7 Å². The molecule has 0 spiro atoms. The maximum absolute atomic E-state index is 13.2. The quantitative estimate of drug-likeness (QED) is 0.254. The van der Waals surface area contributed by atoms with Gasteiger partial charge in [0.2, 0.25) is 15.8 Å². The van der Waals surface area contributed by atoms with E-state index in [4.69, 9.17) is 0 Å². The van der Waals surface area contributed by atoms with Crippen molar-refractivity contribution in [1.82, 2.24) is 24.2 Å². The number of aromatic carboxylic acids is 1. The molecular formula is C27H27F3N6O4S. The molecule has 0 radical (unpaired) electrons. The molecule has 2 aromatic heterocycles. The summed E-state index contributed by atoms with van der Waals surface area (Å²) in [6, 6.07) is 10.5. The summed E-state index contributed by atoms with van der Waals surface area (Å²) in [5, 5.41) is 13.0. The van der Waals surface area contributed by atoms with E-state index >= 15 is 0 Å². The van der Waals surface area contributed by atoms with Crippen LogP contribution in [0.4, 0.5) is 19.0 Å². The summed E-state index contributed by atoms with van der Waals surface area (Å²) in [7, 11) is -2.41. The normalized spacial score (nSPS) is 15.0. The van der Waals surface area contributed by atoms with E-state index in [1.54, 1.807) is 16.7 Å². The Labute approximate surface area is 233 Å². The molecule has 5 rings (SSSR count). The van der Waals surface area contributed by atoms with Crippen molar-refractivity contribution in [1.29, 1.82) is 0 Å². The topological polar surface area (TPSA) is 139 Å². The Morgan fingerprint density at radius 3 is 2.27 bits per heavy atom. The molecule has 3 N–H and O–H groups in total. The van der Waals surface area contributed by atoms with Crippen molar-refractivity contribution in [2.75, 3.05) is 12.4 Å². The first kappa shape index (κ1) is 28.5. The Balaban J connectivity index is 1.68. The van der Waals surface area contributed by atoms with Crippen LogP contribution in [0.5, 0.6) is 0 Å². The Hall–Kier alpha value is -4.04. The first-order valence-electron chi connectivity index (χ1n) is 12.9. The number of aromatic nitrogens is 4. The van der Waals surface area contributed by atoms with E-state index < -0.39 is 33.6 Å². The highest BCUT2D eigenvalue weighted by Crippen LogP contribution is 2.35. The predicted octanol–water partition coefficient (Wildman–Crippen LogP) is 4.77. The lowest BCUT2D eigenvalue weighted by molar-refractivity contribution is -0.137. The molecule has 1 atom stereocenters. The highest BCUT2D eigenvalue weighted by atomic mass is 32.2. The third kappa shape index (κ3) is 5.75. The number of rotatable bonds is 9. The molecule has 0 bridgehead atoms. The molecular weight excluding hydrogens is 561 g/mol. The number of anilines is 1. The number of halogens is 3. The number of benzene rings is 2. The minimum Gasteiger partial charge on any atom is -0.475 e. The lowest BCUT2D eigenvalue weighted by Gasteiger charge is -2.32. The van der Waals surface area contributed by atoms with Crippen molar-refractivity contribution in [2.24, 2.45) is 5.92 Å². The van der Waals surface area contributed by atoms with Crippen LogP contribution >= 0.6 is 0 Å². The number of carboxylic acid groups (broad SMARTS) is 1. The molecule has 1 aliphatic rings. The van der Waals surface area contributed by atoms with Crippen molar-refractivity contribution in [3.63, 3.8) is 0 Å². The molecule has 0 unspecified atom stereocenters. The number of fused-ring (bicyclic) bond motifs is 1. The largest absolute Gasteiger partial charge is 0.475 e. The molecule has 4 aromatic rings. The standard InChI is InChI=1S/C27H27F3N6O4S/c1-15(17-4-3-5-17)32-22-21-23(34-24(33-22)26(37)38)35-25(18-8-12-20(13-9-18)41(39,40)31-2)36(21)14-16-6-10-19(11-7-16)27(28,29)30/h6-13,15,17,31H,3-5,14H2,1-2H3,(H,37,38)(H,32,33,34)/t15-/m1/s1. The number of imidazole rings is 1. The SMILES string of the molecule is CNS(=O)(=O)c1ccc(-c2nc3nc(C(=O)O)nc(N[C@H](C)C4CCC4)c3n2Cc2ccc(C(F)(F)F)cc2)cc1. The third-order valence-electron chi connectivity index (χ3n) is 7.33. The van der Waals surface area contributed by atoms with Gasteiger partial charge in [-0.05, 0) is 74.7 Å². The van der Waals surface area contributed by atoms with Crippen LogP contribution < -0.4 is 10.0 Å². The lowest BCUT2D eigenvalue weighted by atomic mass is 9.80. The van der Waals surface area contributed by atoms with Crippen LogP contribution in [0.3, 0.4) is 0 Å². The van der Waals surface area contributed by atoms with Gasteiger partial charge in [0.05, 0.1) is 10.5 Å². The summed E-state index contributed by atoms with van der Waals surface area (Å²) < 4.78 is 67.9. The Morgan fingerprint density at radius 2 is 1.73 bits per heavy atom. The second-order valence-electron chi connectivity index (χ2n) is 9.95. The Bertz CT molecular complexity index is 1700. The molecule has 0 amide bonds. The lowest BCUT2D eigenvalue weighted by Crippen LogP contribution is -2.31. The average molecular weight is 589 g/mol. The van der Waals surface area contributed by atoms with Crippen LogP contribution in [0.1, 0.15) is 47.9 Å². The summed E-state index contributed by atoms with van der Waals surface area (Å²) >= 11 is 0. The molecule has 14 heteroatoms. The summed E-state index contributed by atoms with van der Waals surface area (Å²) in [6.45, 7) is 2.04. The summed E-state index contributed by atoms with van der Waals surface area (Å²) in [5.74, 6) is -0.870. The number of alkyl halides is 3. The van der Waals surface area contributed by atoms with Gasteiger partial charge >= 0.3 is 12.1 Å². The Morgan fingerprint density at radius 1 is 1.07 bits per heavy atom. The number of nitrogens with zero attached hydrogens (tertiary/aromatic N) is 4. The second kappa shape index (κ2) is 10.7. The van der Waals surface area contributed by atoms with Crippen molar-refractivity contribution in [3.8, 4) is 11.4 Å². The minimum atomic E-state index is -4.49. The molecule has 1 fully saturated rings. The zero-order valence-electron chi connectivity index (χ0n) is 22.1. The molecule has 10 nitrogen and oxygen atoms in total. The molecule has 2 aromatic carbocycles. The molecule has 41 heavy (non-hydrogen) atoms. The monoisotopic (exact) mass is 588 g/mol. The minimum absolute atomic E-state index is 0.0267. The molecule has 2 heterocycles. The van der Waals surface area contributed by atoms with Gasteiger partial charge in [-0.1, -0.05) is 18.6 Å². The van der Waals surface area contributed by atoms with Gasteiger partial charge in [-0.25, -0.2) is 32.9 Å². The van der Waals surface area contributed by atoms with E-state index in [1.165, 1.54) is 31.3 Å². The summed E-state index contributed by atoms with van der Waals surface area (Å²) in [5.41, 5.74) is 0.676. The van der Waals surface area contributed by atoms with Crippen LogP contribution in [0.15, 0.2) is 53.4 Å². The molecule has 216 valence electrons. The van der Waals surface area contributed by atoms with Gasteiger partial charge in [-0.2, -0.15) is 13.2 Å². The zero-order chi connectivity index (χ0) is 29.5. The first-order chi connectivity index (χ1) is 19.4. The third-order valence-corrected chi connectivity index (χ3v) is 8.76. The van der Waals surface area contributed by atoms with E-state index in [0.717, 1.165) is 31.4 Å². The molecule has 1 aliphatic carbocycles. The summed E-state index contributed by atoms with van der Waals surface area (Å²) in [6.07, 6.45) is -1.35. The van der Waals surface area contributed by atoms with Crippen LogP contribution in [0, 0.1) is 5.92 Å². The highest BCUT2D eigenvalue weighted by Gasteiger charge is 2.30. The van der Waals surface area contributed by atoms with Gasteiger partial charge in [-0.3, -0.25) is 0 Å². The van der Waals surface area contributed by atoms with Crippen LogP contribution in [0.2, 0.25) is 0 Å². The smallest absolute Gasteiger partial charge is 0.416 e. The summed E-state index contributed by atoms with van der Waals surface area (Å²) in [4.78, 5) is 24.9. The van der Waals surface area contributed by atoms with Gasteiger partial charge in [0.15, 0.2) is 11.5 Å². The van der Waals surface area contributed by atoms with E-state index in [2.05, 4.69) is 25.0 Å². The maximum atomic E-state index is 13.2. The number of carbonyl (C=O) groups is 1. The number of sulfonamides is 1. The number of carboxylic acids is 1. The fourth-order valence-corrected chi connectivity index (χ4v) is 5.49. The zero-order valence-corrected chi connectivity index (χ0v) is 22.9. The first-order valence-corrected chi connectivity index (χ1v) is 14.3. The molecule has 0 aliphatic heterocycles. The van der Waals surface area contributed by atoms with Crippen LogP contribution in [-0.4, -0.2) is 52.1 Å². The highest BCUT2D eigenvalue weighted by molar-refractivity contribution is 7.89. The van der Waals surface area contributed by atoms with Crippen LogP contribution in [0.25, 0.3) is 22.6 Å². The van der Waals surface area contributed by atoms with E-state index in [1.807, 2.05) is 6.92 Å². The van der Waals surface area contributed by atoms with Crippen molar-refractivity contribution in [2.45, 2.75) is 49.8 Å². The van der Waals surface area contributed by atoms with Gasteiger partial charge in [-0.15, -0.1) is 0 Å². The van der Waals surface area contributed by atoms with Crippen molar-refractivity contribution in [3.05, 3.63) is 65.5 Å². The van der Waals surface area contributed by atoms with E-state index in [9.17, 15) is 31.5 Å². The van der Waals surface area contributed by atoms with Crippen molar-refractivity contribution < 1.29 is 31.5 Å². The number of nitrogens with one attached hydrogen (secondary N) is 2. The molecule has 1 saturated carbocycles. The number of hydrogen-bond acceptors (Lipinski definition) is 7. The number of hydrogen-bond donors (Lipinski definition) is 3. The predicted molar refractivity (Wildman–Crippen MR) is 145 cm³/mol. The van der Waals surface area contributed by atoms with Gasteiger partial charge in [0.1, 0.15) is 11.3 Å². The Kier molecular flexibility index (Phi) is 7.46. The second-order valence-corrected chi connectivity index (χ2v) is 11.8. The maximum Gasteiger partial charge on any atom is 0.416 e. The van der Waals surface area contributed by atoms with E-state index in [-0.39, 0.29) is 28.9 Å². The van der Waals surface area contributed by atoms with Crippen molar-refractivity contribution >= 4 is 33.0 Å². The van der Waals surface area contributed by atoms with Gasteiger partial charge in [0.25, 0.3) is 0 Å². The molecule has 0 saturated heterocycles. The fraction of sp³-hybridized carbons (Fsp3) is 0.333.